The molecule has 1 aromatic carbocycles. The van der Waals surface area contributed by atoms with Crippen molar-refractivity contribution in [2.24, 2.45) is 0 Å². The van der Waals surface area contributed by atoms with Crippen LogP contribution in [-0.2, 0) is 15.9 Å². The summed E-state index contributed by atoms with van der Waals surface area (Å²) in [6.45, 7) is 1.40. The molecule has 1 fully saturated rings. The lowest BCUT2D eigenvalue weighted by atomic mass is 9.87. The van der Waals surface area contributed by atoms with Crippen LogP contribution in [0.1, 0.15) is 53.8 Å². The Labute approximate surface area is 186 Å². The maximum Gasteiger partial charge on any atom is 0.341 e. The monoisotopic (exact) mass is 452 g/mol. The van der Waals surface area contributed by atoms with E-state index >= 15 is 0 Å². The highest BCUT2D eigenvalue weighted by Gasteiger charge is 2.46. The molecule has 2 rings (SSSR count). The molecule has 0 aliphatic carbocycles. The van der Waals surface area contributed by atoms with Crippen LogP contribution in [0.3, 0.4) is 0 Å². The summed E-state index contributed by atoms with van der Waals surface area (Å²) in [4.78, 5) is 12.4. The number of ether oxygens (including phenoxy) is 2. The minimum absolute atomic E-state index is 0.202. The summed E-state index contributed by atoms with van der Waals surface area (Å²) >= 11 is 0. The first-order valence-electron chi connectivity index (χ1n) is 10.6. The van der Waals surface area contributed by atoms with Crippen molar-refractivity contribution in [3.05, 3.63) is 47.1 Å². The van der Waals surface area contributed by atoms with Crippen LogP contribution in [0, 0.1) is 0 Å². The van der Waals surface area contributed by atoms with E-state index in [9.17, 15) is 35.4 Å². The molecule has 0 spiro atoms. The number of phenolic OH excluding ortho intramolecular Hbond substituents is 2. The SMILES string of the molecule is CCCC=CC=CCCc1cc(O)c([C@H]2O[C@H](CO)[C@@H](O)[C@H](O)[C@H]2O)c(O)c1C(=O)OC. The molecule has 0 aromatic heterocycles. The molecule has 1 aliphatic rings. The normalized spacial score (nSPS) is 26.1. The smallest absolute Gasteiger partial charge is 0.341 e. The quantitative estimate of drug-likeness (QED) is 0.240. The standard InChI is InChI=1S/C23H32O9/c1-3-4-5-6-7-8-9-10-13-11-14(25)17(19(27)16(13)23(30)31-2)22-21(29)20(28)18(26)15(12-24)32-22/h5-8,11,15,18,20-22,24-29H,3-4,9-10,12H2,1-2H3/t15-,18-,20+,21-,22-/m1/s1. The van der Waals surface area contributed by atoms with Gasteiger partial charge in [0.1, 0.15) is 47.6 Å². The third kappa shape index (κ3) is 5.67. The van der Waals surface area contributed by atoms with Crippen LogP contribution in [0.2, 0.25) is 0 Å². The number of aliphatic hydroxyl groups is 4. The van der Waals surface area contributed by atoms with Crippen LogP contribution in [0.4, 0.5) is 0 Å². The summed E-state index contributed by atoms with van der Waals surface area (Å²) in [5.41, 5.74) is -0.223. The molecule has 6 N–H and O–H groups in total. The molecule has 0 amide bonds. The van der Waals surface area contributed by atoms with Gasteiger partial charge in [0.25, 0.3) is 0 Å². The number of aromatic hydroxyl groups is 2. The third-order valence-electron chi connectivity index (χ3n) is 5.39. The van der Waals surface area contributed by atoms with E-state index in [2.05, 4.69) is 6.92 Å². The lowest BCUT2D eigenvalue weighted by molar-refractivity contribution is -0.232. The molecule has 1 aromatic rings. The number of carbonyl (C=O) groups excluding carboxylic acids is 1. The van der Waals surface area contributed by atoms with Gasteiger partial charge in [0, 0.05) is 0 Å². The van der Waals surface area contributed by atoms with Gasteiger partial charge in [-0.2, -0.15) is 0 Å². The van der Waals surface area contributed by atoms with Gasteiger partial charge in [0.2, 0.25) is 0 Å². The van der Waals surface area contributed by atoms with Crippen molar-refractivity contribution < 1.29 is 44.9 Å². The zero-order valence-electron chi connectivity index (χ0n) is 18.2. The van der Waals surface area contributed by atoms with Crippen molar-refractivity contribution in [2.75, 3.05) is 13.7 Å². The van der Waals surface area contributed by atoms with Gasteiger partial charge in [-0.3, -0.25) is 0 Å². The molecular weight excluding hydrogens is 420 g/mol. The molecule has 178 valence electrons. The lowest BCUT2D eigenvalue weighted by Crippen LogP contribution is -2.55. The number of hydrogen-bond donors (Lipinski definition) is 6. The number of allylic oxidation sites excluding steroid dienone is 4. The number of methoxy groups -OCH3 is 1. The van der Waals surface area contributed by atoms with Crippen molar-refractivity contribution in [1.29, 1.82) is 0 Å². The van der Waals surface area contributed by atoms with Crippen molar-refractivity contribution in [3.8, 4) is 11.5 Å². The van der Waals surface area contributed by atoms with Crippen molar-refractivity contribution in [2.45, 2.75) is 63.1 Å². The van der Waals surface area contributed by atoms with E-state index in [4.69, 9.17) is 9.47 Å². The summed E-state index contributed by atoms with van der Waals surface area (Å²) < 4.78 is 10.2. The van der Waals surface area contributed by atoms with Gasteiger partial charge in [0.15, 0.2) is 0 Å². The Bertz CT molecular complexity index is 831. The van der Waals surface area contributed by atoms with E-state index in [1.165, 1.54) is 6.07 Å². The molecule has 0 radical (unpaired) electrons. The third-order valence-corrected chi connectivity index (χ3v) is 5.39. The molecule has 0 saturated carbocycles. The van der Waals surface area contributed by atoms with Crippen molar-refractivity contribution in [1.82, 2.24) is 0 Å². The number of aryl methyl sites for hydroxylation is 1. The predicted octanol–water partition coefficient (Wildman–Crippen LogP) is 1.24. The topological polar surface area (TPSA) is 157 Å². The average Bonchev–Trinajstić information content (AvgIpc) is 2.77. The molecule has 1 saturated heterocycles. The Kier molecular flexibility index (Phi) is 9.67. The zero-order chi connectivity index (χ0) is 23.8. The van der Waals surface area contributed by atoms with Crippen molar-refractivity contribution >= 4 is 5.97 Å². The van der Waals surface area contributed by atoms with E-state index < -0.39 is 54.6 Å². The fourth-order valence-corrected chi connectivity index (χ4v) is 3.63. The summed E-state index contributed by atoms with van der Waals surface area (Å²) in [5.74, 6) is -1.99. The molecule has 0 unspecified atom stereocenters. The largest absolute Gasteiger partial charge is 0.507 e. The summed E-state index contributed by atoms with van der Waals surface area (Å²) in [5, 5.41) is 61.2. The number of unbranched alkanes of at least 4 members (excludes halogenated alkanes) is 1. The first kappa shape index (κ1) is 25.8. The van der Waals surface area contributed by atoms with Gasteiger partial charge in [-0.05, 0) is 30.9 Å². The Hall–Kier alpha value is -2.43. The van der Waals surface area contributed by atoms with Crippen LogP contribution < -0.4 is 0 Å². The van der Waals surface area contributed by atoms with Crippen LogP contribution in [-0.4, -0.2) is 74.7 Å². The second-order valence-corrected chi connectivity index (χ2v) is 7.62. The highest BCUT2D eigenvalue weighted by Crippen LogP contribution is 2.44. The number of hydrogen-bond acceptors (Lipinski definition) is 9. The maximum atomic E-state index is 12.4. The first-order chi connectivity index (χ1) is 15.3. The predicted molar refractivity (Wildman–Crippen MR) is 115 cm³/mol. The average molecular weight is 453 g/mol. The summed E-state index contributed by atoms with van der Waals surface area (Å²) in [7, 11) is 1.14. The molecule has 9 heteroatoms. The molecule has 0 bridgehead atoms. The van der Waals surface area contributed by atoms with Crippen LogP contribution in [0.15, 0.2) is 30.4 Å². The number of aliphatic hydroxyl groups excluding tert-OH is 4. The van der Waals surface area contributed by atoms with E-state index in [0.29, 0.717) is 18.4 Å². The number of benzene rings is 1. The molecule has 32 heavy (non-hydrogen) atoms. The van der Waals surface area contributed by atoms with Crippen LogP contribution >= 0.6 is 0 Å². The number of phenols is 2. The maximum absolute atomic E-state index is 12.4. The second kappa shape index (κ2) is 12.0. The molecule has 9 nitrogen and oxygen atoms in total. The van der Waals surface area contributed by atoms with E-state index in [1.54, 1.807) is 0 Å². The number of esters is 1. The summed E-state index contributed by atoms with van der Waals surface area (Å²) in [6.07, 6.45) is 2.73. The van der Waals surface area contributed by atoms with E-state index in [1.807, 2.05) is 24.3 Å². The Balaban J connectivity index is 2.39. The van der Waals surface area contributed by atoms with Gasteiger partial charge in [0.05, 0.1) is 19.3 Å². The summed E-state index contributed by atoms with van der Waals surface area (Å²) in [6, 6.07) is 1.27. The minimum Gasteiger partial charge on any atom is -0.507 e. The van der Waals surface area contributed by atoms with Gasteiger partial charge in [-0.1, -0.05) is 37.6 Å². The molecular formula is C23H32O9. The molecule has 1 heterocycles. The minimum atomic E-state index is -1.74. The van der Waals surface area contributed by atoms with E-state index in [-0.39, 0.29) is 11.1 Å². The number of rotatable bonds is 9. The molecule has 1 aliphatic heterocycles. The van der Waals surface area contributed by atoms with Gasteiger partial charge in [-0.25, -0.2) is 4.79 Å². The Morgan fingerprint density at radius 3 is 2.34 bits per heavy atom. The number of carbonyl (C=O) groups is 1. The highest BCUT2D eigenvalue weighted by molar-refractivity contribution is 5.95. The van der Waals surface area contributed by atoms with Crippen molar-refractivity contribution in [3.63, 3.8) is 0 Å². The van der Waals surface area contributed by atoms with Gasteiger partial charge >= 0.3 is 5.97 Å². The second-order valence-electron chi connectivity index (χ2n) is 7.62. The van der Waals surface area contributed by atoms with Gasteiger partial charge < -0.3 is 40.1 Å². The Morgan fingerprint density at radius 2 is 1.75 bits per heavy atom. The highest BCUT2D eigenvalue weighted by atomic mass is 16.5. The lowest BCUT2D eigenvalue weighted by Gasteiger charge is -2.40. The first-order valence-corrected chi connectivity index (χ1v) is 10.6. The Morgan fingerprint density at radius 1 is 1.09 bits per heavy atom. The fourth-order valence-electron chi connectivity index (χ4n) is 3.63. The molecule has 5 atom stereocenters. The zero-order valence-corrected chi connectivity index (χ0v) is 18.2. The van der Waals surface area contributed by atoms with Crippen LogP contribution in [0.5, 0.6) is 11.5 Å². The van der Waals surface area contributed by atoms with Gasteiger partial charge in [-0.15, -0.1) is 0 Å². The fraction of sp³-hybridized carbons (Fsp3) is 0.522. The van der Waals surface area contributed by atoms with E-state index in [0.717, 1.165) is 20.0 Å². The van der Waals surface area contributed by atoms with Crippen LogP contribution in [0.25, 0.3) is 0 Å².